The first-order valence-electron chi connectivity index (χ1n) is 7.66. The molecule has 2 heterocycles. The van der Waals surface area contributed by atoms with Crippen molar-refractivity contribution in [2.24, 2.45) is 0 Å². The molecule has 0 spiro atoms. The van der Waals surface area contributed by atoms with Gasteiger partial charge in [0.2, 0.25) is 0 Å². The fraction of sp³-hybridized carbons (Fsp3) is 0.0500. The number of hydrogen-bond donors (Lipinski definition) is 0. The maximum Gasteiger partial charge on any atom is 0.178 e. The smallest absolute Gasteiger partial charge is 0.178 e. The van der Waals surface area contributed by atoms with Gasteiger partial charge in [0.15, 0.2) is 5.82 Å². The quantitative estimate of drug-likeness (QED) is 0.499. The molecule has 2 aromatic carbocycles. The van der Waals surface area contributed by atoms with Gasteiger partial charge in [-0.3, -0.25) is 0 Å². The topological polar surface area (TPSA) is 38.7 Å². The third kappa shape index (κ3) is 2.74. The number of nitrogens with zero attached hydrogens (tertiary/aromatic N) is 3. The number of aryl methyl sites for hydroxylation is 1. The Bertz CT molecular complexity index is 1030. The van der Waals surface area contributed by atoms with Crippen molar-refractivity contribution in [3.05, 3.63) is 77.4 Å². The van der Waals surface area contributed by atoms with E-state index in [9.17, 15) is 0 Å². The Kier molecular flexibility index (Phi) is 3.71. The maximum atomic E-state index is 5.98. The minimum Gasteiger partial charge on any atom is -0.244 e. The first kappa shape index (κ1) is 14.8. The molecule has 4 rings (SSSR count). The lowest BCUT2D eigenvalue weighted by Crippen LogP contribution is -1.96. The summed E-state index contributed by atoms with van der Waals surface area (Å²) in [6, 6.07) is 19.6. The average Bonchev–Trinajstić information content (AvgIpc) is 2.62. The molecule has 0 saturated heterocycles. The van der Waals surface area contributed by atoms with Gasteiger partial charge in [-0.25, -0.2) is 15.0 Å². The molecule has 3 nitrogen and oxygen atoms in total. The molecule has 0 aliphatic carbocycles. The molecule has 0 saturated carbocycles. The van der Waals surface area contributed by atoms with Crippen LogP contribution in [0, 0.1) is 6.92 Å². The summed E-state index contributed by atoms with van der Waals surface area (Å²) in [7, 11) is 0. The van der Waals surface area contributed by atoms with E-state index < -0.39 is 0 Å². The van der Waals surface area contributed by atoms with Gasteiger partial charge in [0.25, 0.3) is 0 Å². The van der Waals surface area contributed by atoms with Crippen molar-refractivity contribution < 1.29 is 0 Å². The molecule has 0 aliphatic heterocycles. The van der Waals surface area contributed by atoms with Crippen LogP contribution < -0.4 is 0 Å². The Morgan fingerprint density at radius 2 is 1.62 bits per heavy atom. The van der Waals surface area contributed by atoms with Crippen LogP contribution in [0.15, 0.2) is 66.9 Å². The highest BCUT2D eigenvalue weighted by Crippen LogP contribution is 2.26. The monoisotopic (exact) mass is 331 g/mol. The predicted molar refractivity (Wildman–Crippen MR) is 98.0 cm³/mol. The van der Waals surface area contributed by atoms with Gasteiger partial charge in [0.05, 0.1) is 11.2 Å². The SMILES string of the molecule is Cc1ccc(-c2ncc3ccccc3n2)nc1-c1ccc(Cl)cc1. The number of hydrogen-bond acceptors (Lipinski definition) is 3. The van der Waals surface area contributed by atoms with Gasteiger partial charge in [-0.1, -0.05) is 48.0 Å². The van der Waals surface area contributed by atoms with Gasteiger partial charge in [0.1, 0.15) is 5.69 Å². The van der Waals surface area contributed by atoms with Crippen molar-refractivity contribution in [3.63, 3.8) is 0 Å². The number of rotatable bonds is 2. The summed E-state index contributed by atoms with van der Waals surface area (Å²) in [6.07, 6.45) is 1.83. The summed E-state index contributed by atoms with van der Waals surface area (Å²) >= 11 is 5.98. The standard InChI is InChI=1S/C20H14ClN3/c1-13-6-11-18(23-19(13)14-7-9-16(21)10-8-14)20-22-12-15-4-2-3-5-17(15)24-20/h2-12H,1H3. The molecule has 24 heavy (non-hydrogen) atoms. The number of fused-ring (bicyclic) bond motifs is 1. The van der Waals surface area contributed by atoms with Crippen LogP contribution in [-0.4, -0.2) is 15.0 Å². The number of halogens is 1. The minimum absolute atomic E-state index is 0.629. The van der Waals surface area contributed by atoms with E-state index in [4.69, 9.17) is 16.6 Å². The molecule has 0 unspecified atom stereocenters. The first-order valence-corrected chi connectivity index (χ1v) is 8.04. The minimum atomic E-state index is 0.629. The lowest BCUT2D eigenvalue weighted by Gasteiger charge is -2.08. The lowest BCUT2D eigenvalue weighted by atomic mass is 10.1. The molecule has 116 valence electrons. The van der Waals surface area contributed by atoms with Crippen molar-refractivity contribution in [2.75, 3.05) is 0 Å². The van der Waals surface area contributed by atoms with E-state index in [1.807, 2.05) is 73.8 Å². The Balaban J connectivity index is 1.83. The van der Waals surface area contributed by atoms with Crippen molar-refractivity contribution >= 4 is 22.5 Å². The van der Waals surface area contributed by atoms with E-state index in [2.05, 4.69) is 9.97 Å². The van der Waals surface area contributed by atoms with Crippen LogP contribution in [0.25, 0.3) is 33.7 Å². The van der Waals surface area contributed by atoms with Crippen LogP contribution in [0.2, 0.25) is 5.02 Å². The van der Waals surface area contributed by atoms with E-state index in [0.717, 1.165) is 33.4 Å². The van der Waals surface area contributed by atoms with Gasteiger partial charge in [-0.05, 0) is 36.8 Å². The zero-order valence-corrected chi connectivity index (χ0v) is 13.8. The number of pyridine rings is 1. The van der Waals surface area contributed by atoms with Crippen LogP contribution in [-0.2, 0) is 0 Å². The highest BCUT2D eigenvalue weighted by molar-refractivity contribution is 6.30. The molecular weight excluding hydrogens is 318 g/mol. The maximum absolute atomic E-state index is 5.98. The van der Waals surface area contributed by atoms with Crippen molar-refractivity contribution in [1.82, 2.24) is 15.0 Å². The van der Waals surface area contributed by atoms with Crippen molar-refractivity contribution in [2.45, 2.75) is 6.92 Å². The summed E-state index contributed by atoms with van der Waals surface area (Å²) in [5.41, 5.74) is 4.72. The summed E-state index contributed by atoms with van der Waals surface area (Å²) in [5.74, 6) is 0.629. The van der Waals surface area contributed by atoms with E-state index in [-0.39, 0.29) is 0 Å². The van der Waals surface area contributed by atoms with Crippen LogP contribution in [0.4, 0.5) is 0 Å². The molecule has 2 aromatic heterocycles. The van der Waals surface area contributed by atoms with Gasteiger partial charge in [-0.15, -0.1) is 0 Å². The highest BCUT2D eigenvalue weighted by Gasteiger charge is 2.09. The Hall–Kier alpha value is -2.78. The normalized spacial score (nSPS) is 10.9. The van der Waals surface area contributed by atoms with Gasteiger partial charge in [-0.2, -0.15) is 0 Å². The molecule has 0 fully saturated rings. The predicted octanol–water partition coefficient (Wildman–Crippen LogP) is 5.32. The Morgan fingerprint density at radius 3 is 2.46 bits per heavy atom. The van der Waals surface area contributed by atoms with E-state index in [0.29, 0.717) is 10.8 Å². The van der Waals surface area contributed by atoms with Crippen molar-refractivity contribution in [1.29, 1.82) is 0 Å². The summed E-state index contributed by atoms with van der Waals surface area (Å²) in [4.78, 5) is 13.9. The fourth-order valence-corrected chi connectivity index (χ4v) is 2.77. The molecule has 0 bridgehead atoms. The molecule has 0 radical (unpaired) electrons. The second-order valence-corrected chi connectivity index (χ2v) is 6.06. The largest absolute Gasteiger partial charge is 0.244 e. The molecule has 4 heteroatoms. The Morgan fingerprint density at radius 1 is 0.833 bits per heavy atom. The summed E-state index contributed by atoms with van der Waals surface area (Å²) < 4.78 is 0. The van der Waals surface area contributed by atoms with Gasteiger partial charge in [0, 0.05) is 22.2 Å². The van der Waals surface area contributed by atoms with E-state index in [1.165, 1.54) is 0 Å². The first-order chi connectivity index (χ1) is 11.7. The third-order valence-electron chi connectivity index (χ3n) is 3.93. The zero-order valence-electron chi connectivity index (χ0n) is 13.1. The van der Waals surface area contributed by atoms with Gasteiger partial charge >= 0.3 is 0 Å². The molecular formula is C20H14ClN3. The summed E-state index contributed by atoms with van der Waals surface area (Å²) in [6.45, 7) is 2.04. The molecule has 0 amide bonds. The fourth-order valence-electron chi connectivity index (χ4n) is 2.65. The van der Waals surface area contributed by atoms with E-state index >= 15 is 0 Å². The molecule has 0 atom stereocenters. The molecule has 0 aliphatic rings. The average molecular weight is 332 g/mol. The van der Waals surface area contributed by atoms with Crippen LogP contribution in [0.5, 0.6) is 0 Å². The Labute approximate surface area is 145 Å². The van der Waals surface area contributed by atoms with Crippen LogP contribution in [0.1, 0.15) is 5.56 Å². The number of benzene rings is 2. The molecule has 0 N–H and O–H groups in total. The van der Waals surface area contributed by atoms with Crippen molar-refractivity contribution in [3.8, 4) is 22.8 Å². The third-order valence-corrected chi connectivity index (χ3v) is 4.18. The van der Waals surface area contributed by atoms with Crippen LogP contribution >= 0.6 is 11.6 Å². The van der Waals surface area contributed by atoms with Gasteiger partial charge < -0.3 is 0 Å². The highest BCUT2D eigenvalue weighted by atomic mass is 35.5. The molecule has 4 aromatic rings. The number of aromatic nitrogens is 3. The van der Waals surface area contributed by atoms with E-state index in [1.54, 1.807) is 0 Å². The second-order valence-electron chi connectivity index (χ2n) is 5.62. The lowest BCUT2D eigenvalue weighted by molar-refractivity contribution is 1.17. The number of para-hydroxylation sites is 1. The zero-order chi connectivity index (χ0) is 16.5. The van der Waals surface area contributed by atoms with Crippen LogP contribution in [0.3, 0.4) is 0 Å². The second kappa shape index (κ2) is 6.02. The summed E-state index contributed by atoms with van der Waals surface area (Å²) in [5, 5.41) is 1.73.